The van der Waals surface area contributed by atoms with Crippen molar-refractivity contribution in [1.29, 1.82) is 0 Å². The van der Waals surface area contributed by atoms with Crippen LogP contribution in [0.3, 0.4) is 0 Å². The highest BCUT2D eigenvalue weighted by Gasteiger charge is 2.39. The van der Waals surface area contributed by atoms with Crippen LogP contribution < -0.4 is 5.32 Å². The van der Waals surface area contributed by atoms with Gasteiger partial charge in [-0.2, -0.15) is 0 Å². The molecule has 3 unspecified atom stereocenters. The number of aromatic nitrogens is 1. The quantitative estimate of drug-likeness (QED) is 0.472. The van der Waals surface area contributed by atoms with E-state index in [0.29, 0.717) is 17.9 Å². The lowest BCUT2D eigenvalue weighted by Crippen LogP contribution is -2.32. The fraction of sp³-hybridized carbons (Fsp3) is 0.478. The van der Waals surface area contributed by atoms with Gasteiger partial charge in [-0.15, -0.1) is 11.8 Å². The van der Waals surface area contributed by atoms with E-state index in [-0.39, 0.29) is 5.91 Å². The zero-order chi connectivity index (χ0) is 20.2. The summed E-state index contributed by atoms with van der Waals surface area (Å²) in [6, 6.07) is 7.63. The summed E-state index contributed by atoms with van der Waals surface area (Å²) in [5.74, 6) is 1.36. The van der Waals surface area contributed by atoms with Crippen LogP contribution in [-0.4, -0.2) is 23.2 Å². The first-order valence-corrected chi connectivity index (χ1v) is 11.4. The van der Waals surface area contributed by atoms with E-state index in [1.165, 1.54) is 43.5 Å². The van der Waals surface area contributed by atoms with Gasteiger partial charge < -0.3 is 5.32 Å². The second-order valence-electron chi connectivity index (χ2n) is 8.20. The molecule has 29 heavy (non-hydrogen) atoms. The van der Waals surface area contributed by atoms with Crippen molar-refractivity contribution in [2.75, 3.05) is 12.3 Å². The van der Waals surface area contributed by atoms with E-state index in [2.05, 4.69) is 10.3 Å². The highest BCUT2D eigenvalue weighted by molar-refractivity contribution is 7.99. The molecule has 2 saturated carbocycles. The molecule has 0 radical (unpaired) electrons. The molecule has 3 nitrogen and oxygen atoms in total. The minimum absolute atomic E-state index is 0.0519. The number of hydrogen-bond donors (Lipinski definition) is 1. The first-order chi connectivity index (χ1) is 14.1. The maximum Gasteiger partial charge on any atom is 0.254 e. The SMILES string of the molecule is O=C(NCC1CC2CCC1C2)c1cccnc1SCCCc1ccc(F)c(F)c1. The Hall–Kier alpha value is -1.95. The van der Waals surface area contributed by atoms with Gasteiger partial charge in [-0.05, 0) is 85.4 Å². The molecule has 0 saturated heterocycles. The summed E-state index contributed by atoms with van der Waals surface area (Å²) in [5, 5.41) is 3.85. The average Bonchev–Trinajstić information content (AvgIpc) is 3.35. The molecule has 1 N–H and O–H groups in total. The Morgan fingerprint density at radius 1 is 1.17 bits per heavy atom. The number of carbonyl (C=O) groups is 1. The molecule has 1 aromatic carbocycles. The lowest BCUT2D eigenvalue weighted by Gasteiger charge is -2.22. The minimum Gasteiger partial charge on any atom is -0.352 e. The molecule has 3 atom stereocenters. The Labute approximate surface area is 174 Å². The first-order valence-electron chi connectivity index (χ1n) is 10.4. The van der Waals surface area contributed by atoms with Crippen LogP contribution in [0.4, 0.5) is 8.78 Å². The standard InChI is InChI=1S/C23H26F2N2OS/c24-20-8-6-15(13-21(20)25)3-2-10-29-23-19(4-1-9-26-23)22(28)27-14-18-12-16-5-7-17(18)11-16/h1,4,6,8-9,13,16-18H,2-3,5,7,10-12,14H2,(H,27,28). The molecule has 2 aliphatic rings. The van der Waals surface area contributed by atoms with Crippen LogP contribution in [0.25, 0.3) is 0 Å². The van der Waals surface area contributed by atoms with Gasteiger partial charge in [0.1, 0.15) is 5.03 Å². The van der Waals surface area contributed by atoms with Crippen LogP contribution in [0.2, 0.25) is 0 Å². The summed E-state index contributed by atoms with van der Waals surface area (Å²) in [6.45, 7) is 0.759. The van der Waals surface area contributed by atoms with Crippen molar-refractivity contribution < 1.29 is 13.6 Å². The van der Waals surface area contributed by atoms with Gasteiger partial charge in [-0.3, -0.25) is 4.79 Å². The van der Waals surface area contributed by atoms with Crippen molar-refractivity contribution in [3.63, 3.8) is 0 Å². The Bertz CT molecular complexity index is 876. The minimum atomic E-state index is -0.822. The Morgan fingerprint density at radius 3 is 2.83 bits per heavy atom. The lowest BCUT2D eigenvalue weighted by molar-refractivity contribution is 0.0938. The number of nitrogens with zero attached hydrogens (tertiary/aromatic N) is 1. The maximum atomic E-state index is 13.3. The van der Waals surface area contributed by atoms with E-state index in [1.54, 1.807) is 18.3 Å². The second-order valence-corrected chi connectivity index (χ2v) is 9.29. The van der Waals surface area contributed by atoms with Gasteiger partial charge in [0.2, 0.25) is 0 Å². The highest BCUT2D eigenvalue weighted by Crippen LogP contribution is 2.47. The fourth-order valence-electron chi connectivity index (χ4n) is 4.76. The monoisotopic (exact) mass is 416 g/mol. The van der Waals surface area contributed by atoms with Crippen molar-refractivity contribution >= 4 is 17.7 Å². The number of aryl methyl sites for hydroxylation is 1. The molecule has 2 fully saturated rings. The molecule has 4 rings (SSSR count). The number of benzene rings is 1. The summed E-state index contributed by atoms with van der Waals surface area (Å²) >= 11 is 1.53. The largest absolute Gasteiger partial charge is 0.352 e. The topological polar surface area (TPSA) is 42.0 Å². The highest BCUT2D eigenvalue weighted by atomic mass is 32.2. The molecular formula is C23H26F2N2OS. The van der Waals surface area contributed by atoms with Gasteiger partial charge in [0, 0.05) is 12.7 Å². The molecule has 0 spiro atoms. The number of thioether (sulfide) groups is 1. The number of amides is 1. The van der Waals surface area contributed by atoms with Crippen molar-refractivity contribution in [3.05, 3.63) is 59.3 Å². The molecule has 0 aliphatic heterocycles. The molecule has 6 heteroatoms. The van der Waals surface area contributed by atoms with Crippen molar-refractivity contribution in [3.8, 4) is 0 Å². The third-order valence-corrected chi connectivity index (χ3v) is 7.35. The van der Waals surface area contributed by atoms with Gasteiger partial charge in [-0.25, -0.2) is 13.8 Å². The van der Waals surface area contributed by atoms with E-state index in [1.807, 2.05) is 6.07 Å². The summed E-state index contributed by atoms with van der Waals surface area (Å²) < 4.78 is 26.3. The molecule has 2 aromatic rings. The van der Waals surface area contributed by atoms with E-state index in [9.17, 15) is 13.6 Å². The number of halogens is 2. The number of pyridine rings is 1. The second kappa shape index (κ2) is 9.24. The number of fused-ring (bicyclic) bond motifs is 2. The Morgan fingerprint density at radius 2 is 2.07 bits per heavy atom. The number of nitrogens with one attached hydrogen (secondary N) is 1. The summed E-state index contributed by atoms with van der Waals surface area (Å²) in [4.78, 5) is 17.1. The van der Waals surface area contributed by atoms with Crippen molar-refractivity contribution in [2.45, 2.75) is 43.6 Å². The molecule has 2 bridgehead atoms. The van der Waals surface area contributed by atoms with E-state index >= 15 is 0 Å². The molecule has 154 valence electrons. The van der Waals surface area contributed by atoms with Gasteiger partial charge in [0.05, 0.1) is 5.56 Å². The number of carbonyl (C=O) groups excluding carboxylic acids is 1. The van der Waals surface area contributed by atoms with Crippen LogP contribution in [0.15, 0.2) is 41.6 Å². The van der Waals surface area contributed by atoms with E-state index in [4.69, 9.17) is 0 Å². The van der Waals surface area contributed by atoms with Crippen LogP contribution in [0, 0.1) is 29.4 Å². The van der Waals surface area contributed by atoms with E-state index < -0.39 is 11.6 Å². The first kappa shape index (κ1) is 20.3. The van der Waals surface area contributed by atoms with Gasteiger partial charge in [-0.1, -0.05) is 12.5 Å². The Balaban J connectivity index is 1.27. The van der Waals surface area contributed by atoms with E-state index in [0.717, 1.165) is 47.2 Å². The number of hydrogen-bond acceptors (Lipinski definition) is 3. The average molecular weight is 417 g/mol. The van der Waals surface area contributed by atoms with Crippen LogP contribution in [-0.2, 0) is 6.42 Å². The molecule has 1 amide bonds. The molecular weight excluding hydrogens is 390 g/mol. The van der Waals surface area contributed by atoms with Gasteiger partial charge >= 0.3 is 0 Å². The summed E-state index contributed by atoms with van der Waals surface area (Å²) in [5.41, 5.74) is 1.39. The third kappa shape index (κ3) is 4.97. The zero-order valence-electron chi connectivity index (χ0n) is 16.4. The van der Waals surface area contributed by atoms with Crippen molar-refractivity contribution in [1.82, 2.24) is 10.3 Å². The smallest absolute Gasteiger partial charge is 0.254 e. The lowest BCUT2D eigenvalue weighted by atomic mass is 9.89. The Kier molecular flexibility index (Phi) is 6.48. The third-order valence-electron chi connectivity index (χ3n) is 6.26. The van der Waals surface area contributed by atoms with Crippen LogP contribution in [0.1, 0.15) is 48.0 Å². The predicted molar refractivity (Wildman–Crippen MR) is 111 cm³/mol. The molecule has 1 aromatic heterocycles. The van der Waals surface area contributed by atoms with Crippen molar-refractivity contribution in [2.24, 2.45) is 17.8 Å². The maximum absolute atomic E-state index is 13.3. The van der Waals surface area contributed by atoms with Crippen LogP contribution >= 0.6 is 11.8 Å². The molecule has 1 heterocycles. The number of rotatable bonds is 8. The summed E-state index contributed by atoms with van der Waals surface area (Å²) in [7, 11) is 0. The molecule has 2 aliphatic carbocycles. The normalized spacial score (nSPS) is 22.8. The van der Waals surface area contributed by atoms with Gasteiger partial charge in [0.15, 0.2) is 11.6 Å². The summed E-state index contributed by atoms with van der Waals surface area (Å²) in [6.07, 6.45) is 8.42. The zero-order valence-corrected chi connectivity index (χ0v) is 17.2. The predicted octanol–water partition coefficient (Wildman–Crippen LogP) is 5.25. The van der Waals surface area contributed by atoms with Gasteiger partial charge in [0.25, 0.3) is 5.91 Å². The fourth-order valence-corrected chi connectivity index (χ4v) is 5.70. The van der Waals surface area contributed by atoms with Crippen LogP contribution in [0.5, 0.6) is 0 Å².